The molecule has 0 bridgehead atoms. The Morgan fingerprint density at radius 2 is 1.76 bits per heavy atom. The zero-order valence-electron chi connectivity index (χ0n) is 21.6. The van der Waals surface area contributed by atoms with Gasteiger partial charge in [0.25, 0.3) is 11.5 Å². The molecule has 1 fully saturated rings. The average Bonchev–Trinajstić information content (AvgIpc) is 3.43. The summed E-state index contributed by atoms with van der Waals surface area (Å²) < 4.78 is 31.2. The fraction of sp³-hybridized carbons (Fsp3) is 0.333. The summed E-state index contributed by atoms with van der Waals surface area (Å²) in [5.74, 6) is -2.34. The number of anilines is 2. The van der Waals surface area contributed by atoms with Crippen LogP contribution >= 0.6 is 0 Å². The monoisotopic (exact) mass is 521 g/mol. The van der Waals surface area contributed by atoms with Crippen molar-refractivity contribution >= 4 is 28.2 Å². The number of halogens is 2. The second-order valence-corrected chi connectivity index (χ2v) is 10.7. The van der Waals surface area contributed by atoms with E-state index in [1.54, 1.807) is 12.3 Å². The van der Waals surface area contributed by atoms with Crippen LogP contribution in [0.3, 0.4) is 0 Å². The van der Waals surface area contributed by atoms with Crippen LogP contribution < -0.4 is 21.5 Å². The van der Waals surface area contributed by atoms with Crippen LogP contribution in [-0.2, 0) is 5.54 Å². The molecule has 0 saturated carbocycles. The number of nitrogens with zero attached hydrogens (tertiary/aromatic N) is 5. The molecule has 0 spiro atoms. The highest BCUT2D eigenvalue weighted by molar-refractivity contribution is 6.09. The van der Waals surface area contributed by atoms with Crippen molar-refractivity contribution in [3.63, 3.8) is 0 Å². The number of benzene rings is 2. The SMILES string of the molecule is C[C@@H]1CN(c2c(NC(=O)c3ccc(=O)n(-c4c(F)cccc4F)n3)ccc3c2cnn3C(C)(C)C)C[C@@H]1N. The van der Waals surface area contributed by atoms with Gasteiger partial charge < -0.3 is 16.0 Å². The number of hydrogen-bond donors (Lipinski definition) is 2. The maximum absolute atomic E-state index is 14.4. The summed E-state index contributed by atoms with van der Waals surface area (Å²) in [7, 11) is 0. The Kier molecular flexibility index (Phi) is 6.26. The van der Waals surface area contributed by atoms with E-state index in [0.717, 1.165) is 34.8 Å². The maximum Gasteiger partial charge on any atom is 0.276 e. The minimum absolute atomic E-state index is 0.0349. The number of hydrogen-bond acceptors (Lipinski definition) is 6. The van der Waals surface area contributed by atoms with E-state index in [4.69, 9.17) is 5.73 Å². The zero-order chi connectivity index (χ0) is 27.4. The van der Waals surface area contributed by atoms with Crippen LogP contribution in [0.1, 0.15) is 38.2 Å². The van der Waals surface area contributed by atoms with Crippen LogP contribution in [0.15, 0.2) is 53.5 Å². The van der Waals surface area contributed by atoms with E-state index in [0.29, 0.717) is 23.5 Å². The molecule has 1 aliphatic rings. The van der Waals surface area contributed by atoms with E-state index < -0.39 is 28.8 Å². The fourth-order valence-corrected chi connectivity index (χ4v) is 4.81. The summed E-state index contributed by atoms with van der Waals surface area (Å²) >= 11 is 0. The van der Waals surface area contributed by atoms with E-state index in [9.17, 15) is 18.4 Å². The van der Waals surface area contributed by atoms with Crippen LogP contribution in [0, 0.1) is 17.6 Å². The molecule has 0 radical (unpaired) electrons. The molecule has 5 rings (SSSR count). The van der Waals surface area contributed by atoms with Gasteiger partial charge in [-0.25, -0.2) is 8.78 Å². The second kappa shape index (κ2) is 9.32. The van der Waals surface area contributed by atoms with Gasteiger partial charge in [-0.1, -0.05) is 13.0 Å². The zero-order valence-corrected chi connectivity index (χ0v) is 21.6. The van der Waals surface area contributed by atoms with E-state index >= 15 is 0 Å². The number of amides is 1. The van der Waals surface area contributed by atoms with Crippen molar-refractivity contribution in [2.24, 2.45) is 11.7 Å². The minimum atomic E-state index is -0.972. The van der Waals surface area contributed by atoms with Gasteiger partial charge in [0.15, 0.2) is 11.6 Å². The highest BCUT2D eigenvalue weighted by Gasteiger charge is 2.31. The quantitative estimate of drug-likeness (QED) is 0.424. The van der Waals surface area contributed by atoms with Gasteiger partial charge in [0.2, 0.25) is 0 Å². The van der Waals surface area contributed by atoms with E-state index in [2.05, 4.69) is 48.1 Å². The lowest BCUT2D eigenvalue weighted by atomic mass is 10.1. The molecular weight excluding hydrogens is 492 g/mol. The number of rotatable bonds is 4. The maximum atomic E-state index is 14.4. The van der Waals surface area contributed by atoms with Crippen LogP contribution in [0.25, 0.3) is 16.6 Å². The molecule has 3 N–H and O–H groups in total. The molecule has 2 atom stereocenters. The first-order valence-corrected chi connectivity index (χ1v) is 12.3. The highest BCUT2D eigenvalue weighted by Crippen LogP contribution is 2.38. The topological polar surface area (TPSA) is 111 Å². The molecule has 198 valence electrons. The Bertz CT molecular complexity index is 1580. The number of carbonyl (C=O) groups is 1. The van der Waals surface area contributed by atoms with Gasteiger partial charge in [0.05, 0.1) is 28.6 Å². The largest absolute Gasteiger partial charge is 0.367 e. The predicted octanol–water partition coefficient (Wildman–Crippen LogP) is 3.65. The summed E-state index contributed by atoms with van der Waals surface area (Å²) in [4.78, 5) is 27.8. The third-order valence-electron chi connectivity index (χ3n) is 6.78. The van der Waals surface area contributed by atoms with Gasteiger partial charge in [-0.15, -0.1) is 0 Å². The van der Waals surface area contributed by atoms with Gasteiger partial charge in [-0.2, -0.15) is 14.9 Å². The van der Waals surface area contributed by atoms with Crippen LogP contribution in [0.2, 0.25) is 0 Å². The van der Waals surface area contributed by atoms with Crippen molar-refractivity contribution in [1.29, 1.82) is 0 Å². The lowest BCUT2D eigenvalue weighted by molar-refractivity contribution is 0.102. The molecule has 38 heavy (non-hydrogen) atoms. The second-order valence-electron chi connectivity index (χ2n) is 10.7. The number of nitrogens with one attached hydrogen (secondary N) is 1. The smallest absolute Gasteiger partial charge is 0.276 e. The Labute approximate surface area is 217 Å². The van der Waals surface area contributed by atoms with Gasteiger partial charge >= 0.3 is 0 Å². The number of carbonyl (C=O) groups excluding carboxylic acids is 1. The summed E-state index contributed by atoms with van der Waals surface area (Å²) in [5, 5.41) is 12.3. The van der Waals surface area contributed by atoms with Crippen molar-refractivity contribution in [3.8, 4) is 5.69 Å². The first-order valence-electron chi connectivity index (χ1n) is 12.3. The Hall–Kier alpha value is -4.12. The van der Waals surface area contributed by atoms with E-state index in [1.165, 1.54) is 12.1 Å². The van der Waals surface area contributed by atoms with Gasteiger partial charge in [0, 0.05) is 30.6 Å². The summed E-state index contributed by atoms with van der Waals surface area (Å²) in [5.41, 5.74) is 6.64. The van der Waals surface area contributed by atoms with Crippen molar-refractivity contribution in [3.05, 3.63) is 76.3 Å². The Morgan fingerprint density at radius 1 is 1.05 bits per heavy atom. The minimum Gasteiger partial charge on any atom is -0.367 e. The van der Waals surface area contributed by atoms with E-state index in [1.807, 2.05) is 10.7 Å². The van der Waals surface area contributed by atoms with E-state index in [-0.39, 0.29) is 23.2 Å². The fourth-order valence-electron chi connectivity index (χ4n) is 4.81. The first kappa shape index (κ1) is 25.5. The molecule has 0 aliphatic carbocycles. The van der Waals surface area contributed by atoms with Gasteiger partial charge in [0.1, 0.15) is 11.4 Å². The lowest BCUT2D eigenvalue weighted by Crippen LogP contribution is -2.29. The van der Waals surface area contributed by atoms with Crippen LogP contribution in [0.5, 0.6) is 0 Å². The summed E-state index contributed by atoms with van der Waals surface area (Å²) in [6.45, 7) is 9.54. The molecule has 1 aliphatic heterocycles. The molecule has 1 saturated heterocycles. The molecule has 11 heteroatoms. The van der Waals surface area contributed by atoms with Gasteiger partial charge in [-0.3, -0.25) is 14.3 Å². The van der Waals surface area contributed by atoms with Crippen molar-refractivity contribution in [2.75, 3.05) is 23.3 Å². The molecule has 9 nitrogen and oxygen atoms in total. The molecule has 2 aromatic carbocycles. The molecule has 4 aromatic rings. The number of aromatic nitrogens is 4. The Morgan fingerprint density at radius 3 is 2.39 bits per heavy atom. The number of nitrogens with two attached hydrogens (primary N) is 1. The number of para-hydroxylation sites is 1. The normalized spacial score (nSPS) is 17.8. The number of fused-ring (bicyclic) bond motifs is 1. The third kappa shape index (κ3) is 4.43. The Balaban J connectivity index is 1.57. The summed E-state index contributed by atoms with van der Waals surface area (Å²) in [6, 6.07) is 9.12. The van der Waals surface area contributed by atoms with Gasteiger partial charge in [-0.05, 0) is 57.0 Å². The first-order chi connectivity index (χ1) is 18.0. The molecule has 1 amide bonds. The molecule has 0 unspecified atom stereocenters. The standard InChI is InChI=1S/C27H29F2N7O2/c1-15-13-34(14-19(15)30)24-16-12-31-36(27(2,3)4)22(16)10-8-20(24)32-26(38)21-9-11-23(37)35(33-21)25-17(28)6-5-7-18(25)29/h5-12,15,19H,13-14,30H2,1-4H3,(H,32,38)/t15-,19+/m1/s1. The highest BCUT2D eigenvalue weighted by atomic mass is 19.1. The van der Waals surface area contributed by atoms with Crippen LogP contribution in [0.4, 0.5) is 20.2 Å². The third-order valence-corrected chi connectivity index (χ3v) is 6.78. The predicted molar refractivity (Wildman–Crippen MR) is 142 cm³/mol. The van der Waals surface area contributed by atoms with Crippen LogP contribution in [-0.4, -0.2) is 44.6 Å². The van der Waals surface area contributed by atoms with Crippen molar-refractivity contribution < 1.29 is 13.6 Å². The van der Waals surface area contributed by atoms with Crippen molar-refractivity contribution in [2.45, 2.75) is 39.3 Å². The average molecular weight is 522 g/mol. The molecule has 2 aromatic heterocycles. The van der Waals surface area contributed by atoms with Crippen molar-refractivity contribution in [1.82, 2.24) is 19.6 Å². The summed E-state index contributed by atoms with van der Waals surface area (Å²) in [6.07, 6.45) is 1.78. The molecular formula is C27H29F2N7O2. The molecule has 3 heterocycles. The lowest BCUT2D eigenvalue weighted by Gasteiger charge is -2.25.